The molecule has 0 radical (unpaired) electrons. The Kier molecular flexibility index (Phi) is 13.8. The van der Waals surface area contributed by atoms with Gasteiger partial charge < -0.3 is 20.3 Å². The molecule has 5 aromatic rings. The zero-order valence-corrected chi connectivity index (χ0v) is 31.5. The first kappa shape index (κ1) is 37.3. The molecule has 0 fully saturated rings. The van der Waals surface area contributed by atoms with Crippen molar-refractivity contribution in [2.45, 2.75) is 0 Å². The van der Waals surface area contributed by atoms with Crippen molar-refractivity contribution in [1.29, 1.82) is 0 Å². The van der Waals surface area contributed by atoms with Crippen LogP contribution in [0.2, 0.25) is 0 Å². The summed E-state index contributed by atoms with van der Waals surface area (Å²) in [6, 6.07) is 50.0. The normalized spacial score (nSPS) is 11.7. The predicted octanol–water partition coefficient (Wildman–Crippen LogP) is 5.39. The first-order valence-corrected chi connectivity index (χ1v) is 19.3. The summed E-state index contributed by atoms with van der Waals surface area (Å²) in [4.78, 5) is 2.04. The molecule has 8 nitrogen and oxygen atoms in total. The van der Waals surface area contributed by atoms with Gasteiger partial charge in [0.15, 0.2) is 16.6 Å². The summed E-state index contributed by atoms with van der Waals surface area (Å²) < 4.78 is 6.51. The number of nitrogens with one attached hydrogen (secondary N) is 4. The Morgan fingerprint density at radius 2 is 1.04 bits per heavy atom. The van der Waals surface area contributed by atoms with Crippen LogP contribution in [0.15, 0.2) is 156 Å². The van der Waals surface area contributed by atoms with Gasteiger partial charge in [-0.1, -0.05) is 97.1 Å². The predicted molar refractivity (Wildman–Crippen MR) is 225 cm³/mol. The summed E-state index contributed by atoms with van der Waals surface area (Å²) in [5, 5.41) is 20.2. The van der Waals surface area contributed by atoms with Crippen LogP contribution in [-0.2, 0) is 4.74 Å². The molecule has 0 spiro atoms. The van der Waals surface area contributed by atoms with Gasteiger partial charge in [-0.25, -0.2) is 0 Å². The third-order valence-electron chi connectivity index (χ3n) is 8.10. The van der Waals surface area contributed by atoms with Crippen molar-refractivity contribution in [3.05, 3.63) is 157 Å². The Morgan fingerprint density at radius 1 is 0.608 bits per heavy atom. The minimum atomic E-state index is -2.10. The molecule has 0 aliphatic rings. The number of hydrogen-bond acceptors (Lipinski definition) is 6. The number of thiocarbonyl (C=S) groups is 2. The van der Waals surface area contributed by atoms with Crippen LogP contribution in [0.4, 0.5) is 5.69 Å². The first-order chi connectivity index (χ1) is 24.9. The maximum atomic E-state index is 6.51. The summed E-state index contributed by atoms with van der Waals surface area (Å²) in [6.45, 7) is 0.937. The number of benzene rings is 5. The van der Waals surface area contributed by atoms with Gasteiger partial charge in [0.05, 0.1) is 6.61 Å². The van der Waals surface area contributed by atoms with E-state index < -0.39 is 7.26 Å². The largest absolute Gasteiger partial charge is 0.378 e. The van der Waals surface area contributed by atoms with Crippen molar-refractivity contribution in [2.75, 3.05) is 45.5 Å². The average Bonchev–Trinajstić information content (AvgIpc) is 3.19. The van der Waals surface area contributed by atoms with Gasteiger partial charge in [-0.05, 0) is 73.0 Å². The second-order valence-corrected chi connectivity index (χ2v) is 15.9. The van der Waals surface area contributed by atoms with Gasteiger partial charge in [-0.2, -0.15) is 10.2 Å². The molecule has 0 amide bonds. The van der Waals surface area contributed by atoms with E-state index in [0.29, 0.717) is 41.1 Å². The smallest absolute Gasteiger partial charge is 0.187 e. The van der Waals surface area contributed by atoms with Crippen LogP contribution in [-0.4, -0.2) is 62.3 Å². The van der Waals surface area contributed by atoms with Crippen LogP contribution in [0.3, 0.4) is 0 Å². The summed E-state index contributed by atoms with van der Waals surface area (Å²) >= 11 is 11.0. The maximum Gasteiger partial charge on any atom is 0.187 e. The topological polar surface area (TPSA) is 85.3 Å². The SMILES string of the molecule is CNC(=S)NN=C(C(=NNC(=S)NCCOC[P+](c1ccccc1)(c1ccccc1)c1ccccc1)c1ccccc1)c1ccc(N(C)C)cc1. The Hall–Kier alpha value is -4.99. The number of rotatable bonds is 14. The third kappa shape index (κ3) is 9.84. The van der Waals surface area contributed by atoms with Crippen LogP contribution >= 0.6 is 31.7 Å². The lowest BCUT2D eigenvalue weighted by molar-refractivity contribution is 0.185. The minimum Gasteiger partial charge on any atom is -0.378 e. The van der Waals surface area contributed by atoms with Crippen LogP contribution in [0.1, 0.15) is 11.1 Å². The molecule has 5 rings (SSSR count). The standard InChI is InChI=1S/C40H42N7OPS2/c1-41-39(50)45-43-38(32-24-26-33(27-25-32)47(2)3)37(31-16-8-4-9-17-31)44-46-40(51)42-28-29-48-30-49(34-18-10-5-11-19-34,35-20-12-6-13-21-35)36-22-14-7-15-23-36/h4-27H,28-30H2,1-3H3,(H3-,41,42,43,44,45,46,50,51)/p+1. The molecular formula is C40H43N7OPS2+. The van der Waals surface area contributed by atoms with E-state index in [2.05, 4.69) is 118 Å². The van der Waals surface area contributed by atoms with Gasteiger partial charge in [0.2, 0.25) is 0 Å². The van der Waals surface area contributed by atoms with E-state index in [0.717, 1.165) is 16.8 Å². The lowest BCUT2D eigenvalue weighted by Crippen LogP contribution is -2.37. The third-order valence-corrected chi connectivity index (χ3v) is 12.7. The molecule has 0 aromatic heterocycles. The van der Waals surface area contributed by atoms with Crippen LogP contribution < -0.4 is 42.3 Å². The summed E-state index contributed by atoms with van der Waals surface area (Å²) in [6.07, 6.45) is 0.553. The summed E-state index contributed by atoms with van der Waals surface area (Å²) in [5.74, 6) is 0. The van der Waals surface area contributed by atoms with Gasteiger partial charge in [0, 0.05) is 44.5 Å². The van der Waals surface area contributed by atoms with Gasteiger partial charge in [0.1, 0.15) is 34.6 Å². The molecule has 0 unspecified atom stereocenters. The number of ether oxygens (including phenoxy) is 1. The highest BCUT2D eigenvalue weighted by Crippen LogP contribution is 2.55. The fourth-order valence-electron chi connectivity index (χ4n) is 5.49. The summed E-state index contributed by atoms with van der Waals surface area (Å²) in [5.41, 5.74) is 9.92. The zero-order chi connectivity index (χ0) is 35.9. The molecule has 51 heavy (non-hydrogen) atoms. The maximum absolute atomic E-state index is 6.51. The number of hydrogen-bond donors (Lipinski definition) is 4. The van der Waals surface area contributed by atoms with Gasteiger partial charge in [-0.15, -0.1) is 0 Å². The minimum absolute atomic E-state index is 0.364. The molecule has 0 saturated heterocycles. The molecule has 4 N–H and O–H groups in total. The average molecular weight is 733 g/mol. The van der Waals surface area contributed by atoms with E-state index in [4.69, 9.17) is 34.3 Å². The number of anilines is 1. The van der Waals surface area contributed by atoms with E-state index in [1.54, 1.807) is 7.05 Å². The molecule has 0 aliphatic heterocycles. The quantitative estimate of drug-likeness (QED) is 0.0398. The van der Waals surface area contributed by atoms with Crippen molar-refractivity contribution < 1.29 is 4.74 Å². The van der Waals surface area contributed by atoms with E-state index in [1.165, 1.54) is 15.9 Å². The monoisotopic (exact) mass is 732 g/mol. The van der Waals surface area contributed by atoms with Gasteiger partial charge in [0.25, 0.3) is 0 Å². The zero-order valence-electron chi connectivity index (χ0n) is 29.0. The van der Waals surface area contributed by atoms with E-state index in [1.807, 2.05) is 73.6 Å². The van der Waals surface area contributed by atoms with Crippen molar-refractivity contribution in [2.24, 2.45) is 10.2 Å². The Labute approximate surface area is 312 Å². The molecule has 260 valence electrons. The lowest BCUT2D eigenvalue weighted by Gasteiger charge is -2.27. The second-order valence-electron chi connectivity index (χ2n) is 11.6. The second kappa shape index (κ2) is 18.8. The molecule has 11 heteroatoms. The highest BCUT2D eigenvalue weighted by atomic mass is 32.1. The van der Waals surface area contributed by atoms with Gasteiger partial charge >= 0.3 is 0 Å². The Balaban J connectivity index is 1.32. The highest BCUT2D eigenvalue weighted by molar-refractivity contribution is 7.95. The first-order valence-electron chi connectivity index (χ1n) is 16.6. The number of nitrogens with zero attached hydrogens (tertiary/aromatic N) is 3. The number of hydrazone groups is 2. The highest BCUT2D eigenvalue weighted by Gasteiger charge is 2.45. The van der Waals surface area contributed by atoms with Crippen LogP contribution in [0.5, 0.6) is 0 Å². The van der Waals surface area contributed by atoms with Crippen molar-refractivity contribution >= 4 is 74.9 Å². The summed E-state index contributed by atoms with van der Waals surface area (Å²) in [7, 11) is 3.65. The van der Waals surface area contributed by atoms with Crippen LogP contribution in [0.25, 0.3) is 0 Å². The molecular weight excluding hydrogens is 690 g/mol. The molecule has 5 aromatic carbocycles. The lowest BCUT2D eigenvalue weighted by atomic mass is 9.99. The Morgan fingerprint density at radius 3 is 1.49 bits per heavy atom. The molecule has 0 heterocycles. The molecule has 0 aliphatic carbocycles. The molecule has 0 atom stereocenters. The van der Waals surface area contributed by atoms with E-state index in [9.17, 15) is 0 Å². The Bertz CT molecular complexity index is 1810. The molecule has 0 saturated carbocycles. The fraction of sp³-hybridized carbons (Fsp3) is 0.150. The van der Waals surface area contributed by atoms with Crippen molar-refractivity contribution in [3.63, 3.8) is 0 Å². The van der Waals surface area contributed by atoms with E-state index >= 15 is 0 Å². The fourth-order valence-corrected chi connectivity index (χ4v) is 9.47. The van der Waals surface area contributed by atoms with Crippen molar-refractivity contribution in [3.8, 4) is 0 Å². The van der Waals surface area contributed by atoms with E-state index in [-0.39, 0.29) is 0 Å². The van der Waals surface area contributed by atoms with Crippen LogP contribution in [0, 0.1) is 0 Å². The van der Waals surface area contributed by atoms with Crippen molar-refractivity contribution in [1.82, 2.24) is 21.5 Å². The van der Waals surface area contributed by atoms with Gasteiger partial charge in [-0.3, -0.25) is 10.9 Å². The molecule has 0 bridgehead atoms.